The highest BCUT2D eigenvalue weighted by molar-refractivity contribution is 6.02. The maximum atomic E-state index is 4.48. The van der Waals surface area contributed by atoms with Crippen LogP contribution in [-0.2, 0) is 0 Å². The molecule has 5 aromatic rings. The summed E-state index contributed by atoms with van der Waals surface area (Å²) in [5, 5.41) is 7.77. The Labute approximate surface area is 178 Å². The highest BCUT2D eigenvalue weighted by Gasteiger charge is 2.10. The molecule has 0 aliphatic rings. The lowest BCUT2D eigenvalue weighted by Crippen LogP contribution is -1.94. The summed E-state index contributed by atoms with van der Waals surface area (Å²) in [5.74, 6) is 0.224. The SMILES string of the molecule is [CH2]C(C/C=C(/C)c1cccc2cc3ccccc3cc12)c1cccc2ccccc12. The van der Waals surface area contributed by atoms with Gasteiger partial charge in [0.25, 0.3) is 0 Å². The fraction of sp³-hybridized carbons (Fsp3) is 0.100. The van der Waals surface area contributed by atoms with Crippen molar-refractivity contribution in [3.05, 3.63) is 121 Å². The molecule has 0 aliphatic carbocycles. The second-order valence-electron chi connectivity index (χ2n) is 8.11. The van der Waals surface area contributed by atoms with Crippen LogP contribution in [0.15, 0.2) is 103 Å². The quantitative estimate of drug-likeness (QED) is 0.272. The van der Waals surface area contributed by atoms with Crippen LogP contribution in [0.5, 0.6) is 0 Å². The van der Waals surface area contributed by atoms with Crippen LogP contribution in [0.1, 0.15) is 30.4 Å². The largest absolute Gasteiger partial charge is 0.0804 e. The summed E-state index contributed by atoms with van der Waals surface area (Å²) in [7, 11) is 0. The minimum atomic E-state index is 0.224. The average Bonchev–Trinajstić information content (AvgIpc) is 2.80. The van der Waals surface area contributed by atoms with Crippen molar-refractivity contribution in [1.82, 2.24) is 0 Å². The first-order chi connectivity index (χ1) is 14.7. The fourth-order valence-corrected chi connectivity index (χ4v) is 4.47. The number of benzene rings is 5. The summed E-state index contributed by atoms with van der Waals surface area (Å²) in [4.78, 5) is 0. The number of allylic oxidation sites excluding steroid dienone is 2. The maximum Gasteiger partial charge on any atom is -0.0102 e. The Kier molecular flexibility index (Phi) is 4.85. The zero-order valence-electron chi connectivity index (χ0n) is 17.3. The molecule has 1 radical (unpaired) electrons. The van der Waals surface area contributed by atoms with Crippen LogP contribution < -0.4 is 0 Å². The predicted octanol–water partition coefficient (Wildman–Crippen LogP) is 8.56. The average molecular weight is 386 g/mol. The van der Waals surface area contributed by atoms with Gasteiger partial charge in [-0.05, 0) is 87.3 Å². The Hall–Kier alpha value is -3.38. The van der Waals surface area contributed by atoms with Gasteiger partial charge in [0.2, 0.25) is 0 Å². The summed E-state index contributed by atoms with van der Waals surface area (Å²) in [6, 6.07) is 34.9. The molecule has 145 valence electrons. The van der Waals surface area contributed by atoms with Crippen LogP contribution in [-0.4, -0.2) is 0 Å². The molecule has 0 aromatic heterocycles. The molecule has 0 N–H and O–H groups in total. The molecule has 0 heteroatoms. The van der Waals surface area contributed by atoms with Gasteiger partial charge in [-0.1, -0.05) is 91.0 Å². The molecule has 30 heavy (non-hydrogen) atoms. The Bertz CT molecular complexity index is 1380. The van der Waals surface area contributed by atoms with Gasteiger partial charge in [-0.15, -0.1) is 0 Å². The molecule has 0 fully saturated rings. The molecule has 0 saturated heterocycles. The first-order valence-electron chi connectivity index (χ1n) is 10.6. The summed E-state index contributed by atoms with van der Waals surface area (Å²) >= 11 is 0. The molecular formula is C30H25. The van der Waals surface area contributed by atoms with Crippen LogP contribution >= 0.6 is 0 Å². The lowest BCUT2D eigenvalue weighted by Gasteiger charge is -2.14. The third-order valence-electron chi connectivity index (χ3n) is 6.14. The van der Waals surface area contributed by atoms with Gasteiger partial charge in [0, 0.05) is 0 Å². The molecule has 0 spiro atoms. The summed E-state index contributed by atoms with van der Waals surface area (Å²) in [6.45, 7) is 6.70. The smallest absolute Gasteiger partial charge is 0.0102 e. The van der Waals surface area contributed by atoms with E-state index >= 15 is 0 Å². The molecule has 0 amide bonds. The van der Waals surface area contributed by atoms with E-state index in [1.165, 1.54) is 49.0 Å². The van der Waals surface area contributed by atoms with E-state index in [9.17, 15) is 0 Å². The van der Waals surface area contributed by atoms with Gasteiger partial charge in [-0.3, -0.25) is 0 Å². The maximum absolute atomic E-state index is 4.48. The molecule has 0 aliphatic heterocycles. The zero-order chi connectivity index (χ0) is 20.5. The van der Waals surface area contributed by atoms with E-state index in [0.717, 1.165) is 6.42 Å². The van der Waals surface area contributed by atoms with Gasteiger partial charge in [-0.2, -0.15) is 0 Å². The molecule has 1 unspecified atom stereocenters. The minimum Gasteiger partial charge on any atom is -0.0804 e. The number of hydrogen-bond donors (Lipinski definition) is 0. The lowest BCUT2D eigenvalue weighted by molar-refractivity contribution is 0.869. The summed E-state index contributed by atoms with van der Waals surface area (Å²) in [6.07, 6.45) is 3.27. The van der Waals surface area contributed by atoms with Crippen LogP contribution in [0.3, 0.4) is 0 Å². The molecule has 0 saturated carbocycles. The van der Waals surface area contributed by atoms with Crippen molar-refractivity contribution in [1.29, 1.82) is 0 Å². The summed E-state index contributed by atoms with van der Waals surface area (Å²) in [5.41, 5.74) is 3.94. The Morgan fingerprint density at radius 1 is 0.700 bits per heavy atom. The predicted molar refractivity (Wildman–Crippen MR) is 132 cm³/mol. The second-order valence-corrected chi connectivity index (χ2v) is 8.11. The molecule has 5 rings (SSSR count). The molecule has 5 aromatic carbocycles. The Morgan fingerprint density at radius 2 is 1.33 bits per heavy atom. The van der Waals surface area contributed by atoms with Crippen molar-refractivity contribution in [2.75, 3.05) is 0 Å². The van der Waals surface area contributed by atoms with Gasteiger partial charge in [-0.25, -0.2) is 0 Å². The number of hydrogen-bond acceptors (Lipinski definition) is 0. The van der Waals surface area contributed by atoms with E-state index < -0.39 is 0 Å². The van der Waals surface area contributed by atoms with Crippen molar-refractivity contribution in [2.45, 2.75) is 19.3 Å². The molecule has 0 bridgehead atoms. The van der Waals surface area contributed by atoms with Gasteiger partial charge in [0.05, 0.1) is 0 Å². The van der Waals surface area contributed by atoms with E-state index in [4.69, 9.17) is 0 Å². The highest BCUT2D eigenvalue weighted by atomic mass is 14.1. The molecule has 0 nitrogen and oxygen atoms in total. The Morgan fingerprint density at radius 3 is 2.17 bits per heavy atom. The minimum absolute atomic E-state index is 0.224. The van der Waals surface area contributed by atoms with Crippen LogP contribution in [0.4, 0.5) is 0 Å². The van der Waals surface area contributed by atoms with E-state index in [-0.39, 0.29) is 5.92 Å². The van der Waals surface area contributed by atoms with Gasteiger partial charge >= 0.3 is 0 Å². The van der Waals surface area contributed by atoms with Crippen LogP contribution in [0, 0.1) is 6.92 Å². The van der Waals surface area contributed by atoms with Crippen LogP contribution in [0.25, 0.3) is 37.9 Å². The fourth-order valence-electron chi connectivity index (χ4n) is 4.47. The number of fused-ring (bicyclic) bond motifs is 3. The first kappa shape index (κ1) is 18.6. The van der Waals surface area contributed by atoms with E-state index in [0.29, 0.717) is 0 Å². The third-order valence-corrected chi connectivity index (χ3v) is 6.14. The van der Waals surface area contributed by atoms with Crippen molar-refractivity contribution >= 4 is 37.9 Å². The third kappa shape index (κ3) is 3.39. The van der Waals surface area contributed by atoms with E-state index in [2.05, 4.69) is 117 Å². The highest BCUT2D eigenvalue weighted by Crippen LogP contribution is 2.32. The normalized spacial score (nSPS) is 13.2. The lowest BCUT2D eigenvalue weighted by atomic mass is 9.90. The monoisotopic (exact) mass is 385 g/mol. The topological polar surface area (TPSA) is 0 Å². The standard InChI is InChI=1S/C30H25/c1-21(27-15-7-12-23-9-5-6-14-29(23)27)17-18-22(2)28-16-8-13-26-19-24-10-3-4-11-25(24)20-30(26)28/h3-16,18-21H,1,17H2,2H3/b22-18-. The van der Waals surface area contributed by atoms with Crippen molar-refractivity contribution < 1.29 is 0 Å². The van der Waals surface area contributed by atoms with Crippen molar-refractivity contribution in [3.8, 4) is 0 Å². The van der Waals surface area contributed by atoms with Crippen molar-refractivity contribution in [2.24, 2.45) is 0 Å². The van der Waals surface area contributed by atoms with Gasteiger partial charge < -0.3 is 0 Å². The zero-order valence-corrected chi connectivity index (χ0v) is 17.3. The van der Waals surface area contributed by atoms with E-state index in [1.807, 2.05) is 0 Å². The van der Waals surface area contributed by atoms with Crippen molar-refractivity contribution in [3.63, 3.8) is 0 Å². The molecule has 1 atom stereocenters. The summed E-state index contributed by atoms with van der Waals surface area (Å²) < 4.78 is 0. The Balaban J connectivity index is 1.50. The molecular weight excluding hydrogens is 360 g/mol. The van der Waals surface area contributed by atoms with E-state index in [1.54, 1.807) is 0 Å². The van der Waals surface area contributed by atoms with Crippen LogP contribution in [0.2, 0.25) is 0 Å². The van der Waals surface area contributed by atoms with Gasteiger partial charge in [0.15, 0.2) is 0 Å². The molecule has 0 heterocycles. The van der Waals surface area contributed by atoms with Gasteiger partial charge in [0.1, 0.15) is 0 Å². The number of rotatable bonds is 4. The first-order valence-corrected chi connectivity index (χ1v) is 10.6. The second kappa shape index (κ2) is 7.80.